The van der Waals surface area contributed by atoms with Gasteiger partial charge in [-0.05, 0) is 0 Å². The van der Waals surface area contributed by atoms with E-state index in [1.807, 2.05) is 0 Å². The van der Waals surface area contributed by atoms with E-state index in [4.69, 9.17) is 25.5 Å². The second-order valence-corrected chi connectivity index (χ2v) is 3.49. The first kappa shape index (κ1) is 19.9. The molecule has 112 valence electrons. The van der Waals surface area contributed by atoms with E-state index in [2.05, 4.69) is 6.58 Å². The first-order valence-electron chi connectivity index (χ1n) is 5.56. The molecule has 8 heteroatoms. The molecule has 0 aliphatic rings. The fourth-order valence-electron chi connectivity index (χ4n) is 1.02. The third-order valence-corrected chi connectivity index (χ3v) is 1.92. The van der Waals surface area contributed by atoms with E-state index < -0.39 is 18.4 Å². The molecule has 8 nitrogen and oxygen atoms in total. The number of nitrogens with zero attached hydrogens (tertiary/aromatic N) is 1. The van der Waals surface area contributed by atoms with Crippen LogP contribution in [-0.4, -0.2) is 81.8 Å². The predicted octanol–water partition coefficient (Wildman–Crippen LogP) is -1.63. The van der Waals surface area contributed by atoms with Gasteiger partial charge in [0.15, 0.2) is 0 Å². The molecule has 0 fully saturated rings. The number of carbonyl (C=O) groups is 2. The highest BCUT2D eigenvalue weighted by atomic mass is 16.4. The summed E-state index contributed by atoms with van der Waals surface area (Å²) in [6.45, 7) is 4.77. The summed E-state index contributed by atoms with van der Waals surface area (Å²) in [7, 11) is 0. The van der Waals surface area contributed by atoms with Gasteiger partial charge in [0.25, 0.3) is 0 Å². The molecular formula is C11H21NO7. The van der Waals surface area contributed by atoms with E-state index in [0.717, 1.165) is 0 Å². The molecule has 19 heavy (non-hydrogen) atoms. The zero-order valence-corrected chi connectivity index (χ0v) is 10.7. The first-order chi connectivity index (χ1) is 8.88. The van der Waals surface area contributed by atoms with Crippen LogP contribution in [0.25, 0.3) is 0 Å². The van der Waals surface area contributed by atoms with Crippen LogP contribution in [0.3, 0.4) is 0 Å². The lowest BCUT2D eigenvalue weighted by molar-refractivity contribution is -0.139. The monoisotopic (exact) mass is 279 g/mol. The molecule has 0 aromatic carbocycles. The highest BCUT2D eigenvalue weighted by Crippen LogP contribution is 1.95. The smallest absolute Gasteiger partial charge is 0.331 e. The van der Waals surface area contributed by atoms with Crippen molar-refractivity contribution in [2.24, 2.45) is 0 Å². The molecule has 0 aromatic rings. The lowest BCUT2D eigenvalue weighted by atomic mass is 10.2. The molecule has 0 rings (SSSR count). The van der Waals surface area contributed by atoms with Crippen LogP contribution in [0.5, 0.6) is 0 Å². The number of carboxylic acids is 2. The van der Waals surface area contributed by atoms with Gasteiger partial charge in [-0.2, -0.15) is 0 Å². The zero-order chi connectivity index (χ0) is 15.3. The molecule has 0 aromatic heterocycles. The van der Waals surface area contributed by atoms with Crippen molar-refractivity contribution in [2.45, 2.75) is 6.42 Å². The predicted molar refractivity (Wildman–Crippen MR) is 66.7 cm³/mol. The van der Waals surface area contributed by atoms with Gasteiger partial charge in [-0.15, -0.1) is 0 Å². The third-order valence-electron chi connectivity index (χ3n) is 1.92. The van der Waals surface area contributed by atoms with Crippen LogP contribution in [-0.2, 0) is 9.59 Å². The van der Waals surface area contributed by atoms with E-state index in [0.29, 0.717) is 19.6 Å². The highest BCUT2D eigenvalue weighted by molar-refractivity contribution is 5.91. The molecule has 0 atom stereocenters. The summed E-state index contributed by atoms with van der Waals surface area (Å²) in [4.78, 5) is 21.5. The molecule has 0 saturated carbocycles. The maximum atomic E-state index is 9.87. The van der Waals surface area contributed by atoms with Gasteiger partial charge >= 0.3 is 11.9 Å². The summed E-state index contributed by atoms with van der Waals surface area (Å²) < 4.78 is 0. The number of hydrogen-bond acceptors (Lipinski definition) is 6. The van der Waals surface area contributed by atoms with Gasteiger partial charge in [-0.25, -0.2) is 4.79 Å². The van der Waals surface area contributed by atoms with Crippen molar-refractivity contribution in [2.75, 3.05) is 39.5 Å². The minimum Gasteiger partial charge on any atom is -0.481 e. The van der Waals surface area contributed by atoms with Crippen molar-refractivity contribution < 1.29 is 35.1 Å². The van der Waals surface area contributed by atoms with Gasteiger partial charge in [-0.3, -0.25) is 9.69 Å². The standard InChI is InChI=1S/C6H15NO3.C5H6O4/c8-4-1-7(2-5-9)3-6-10;1-3(5(8)9)2-4(6)7/h8-10H,1-6H2;1-2H2,(H,6,7)(H,8,9). The van der Waals surface area contributed by atoms with Gasteiger partial charge in [-0.1, -0.05) is 6.58 Å². The van der Waals surface area contributed by atoms with Crippen LogP contribution < -0.4 is 0 Å². The minimum atomic E-state index is -1.27. The molecule has 0 saturated heterocycles. The summed E-state index contributed by atoms with van der Waals surface area (Å²) >= 11 is 0. The van der Waals surface area contributed by atoms with Crippen molar-refractivity contribution >= 4 is 11.9 Å². The van der Waals surface area contributed by atoms with Crippen LogP contribution >= 0.6 is 0 Å². The van der Waals surface area contributed by atoms with Crippen molar-refractivity contribution in [1.82, 2.24) is 4.90 Å². The van der Waals surface area contributed by atoms with Gasteiger partial charge in [0.2, 0.25) is 0 Å². The normalized spacial score (nSPS) is 9.68. The van der Waals surface area contributed by atoms with Gasteiger partial charge in [0.05, 0.1) is 26.2 Å². The Bertz CT molecular complexity index is 266. The van der Waals surface area contributed by atoms with E-state index in [-0.39, 0.29) is 25.4 Å². The number of rotatable bonds is 9. The lowest BCUT2D eigenvalue weighted by Gasteiger charge is -2.17. The molecular weight excluding hydrogens is 258 g/mol. The Hall–Kier alpha value is -1.48. The molecule has 0 bridgehead atoms. The Balaban J connectivity index is 0. The minimum absolute atomic E-state index is 0.0694. The fourth-order valence-corrected chi connectivity index (χ4v) is 1.02. The fraction of sp³-hybridized carbons (Fsp3) is 0.636. The van der Waals surface area contributed by atoms with Gasteiger partial charge < -0.3 is 25.5 Å². The topological polar surface area (TPSA) is 139 Å². The molecule has 0 amide bonds. The van der Waals surface area contributed by atoms with E-state index in [1.54, 1.807) is 4.90 Å². The molecule has 0 unspecified atom stereocenters. The average Bonchev–Trinajstić information content (AvgIpc) is 2.30. The largest absolute Gasteiger partial charge is 0.481 e. The van der Waals surface area contributed by atoms with Crippen molar-refractivity contribution in [3.8, 4) is 0 Å². The van der Waals surface area contributed by atoms with Gasteiger partial charge in [0, 0.05) is 25.2 Å². The number of aliphatic hydroxyl groups excluding tert-OH is 3. The Kier molecular flexibility index (Phi) is 13.5. The first-order valence-corrected chi connectivity index (χ1v) is 5.56. The lowest BCUT2D eigenvalue weighted by Crippen LogP contribution is -2.32. The SMILES string of the molecule is C=C(CC(=O)O)C(=O)O.OCCN(CCO)CCO. The molecule has 5 N–H and O–H groups in total. The summed E-state index contributed by atoms with van der Waals surface area (Å²) in [5, 5.41) is 41.5. The Morgan fingerprint density at radius 3 is 1.42 bits per heavy atom. The van der Waals surface area contributed by atoms with Crippen LogP contribution in [0, 0.1) is 0 Å². The van der Waals surface area contributed by atoms with Gasteiger partial charge in [0.1, 0.15) is 0 Å². The molecule has 0 heterocycles. The second kappa shape index (κ2) is 13.0. The zero-order valence-electron chi connectivity index (χ0n) is 10.7. The number of aliphatic hydroxyl groups is 3. The second-order valence-electron chi connectivity index (χ2n) is 3.49. The quantitative estimate of drug-likeness (QED) is 0.317. The Morgan fingerprint density at radius 1 is 0.895 bits per heavy atom. The average molecular weight is 279 g/mol. The Morgan fingerprint density at radius 2 is 1.26 bits per heavy atom. The highest BCUT2D eigenvalue weighted by Gasteiger charge is 2.07. The van der Waals surface area contributed by atoms with Crippen molar-refractivity contribution in [3.63, 3.8) is 0 Å². The van der Waals surface area contributed by atoms with Crippen LogP contribution in [0.1, 0.15) is 6.42 Å². The maximum absolute atomic E-state index is 9.87. The molecule has 0 aliphatic heterocycles. The van der Waals surface area contributed by atoms with E-state index >= 15 is 0 Å². The third kappa shape index (κ3) is 14.5. The summed E-state index contributed by atoms with van der Waals surface area (Å²) in [5.74, 6) is -2.44. The van der Waals surface area contributed by atoms with Crippen LogP contribution in [0.15, 0.2) is 12.2 Å². The maximum Gasteiger partial charge on any atom is 0.331 e. The molecule has 0 radical (unpaired) electrons. The van der Waals surface area contributed by atoms with Crippen molar-refractivity contribution in [3.05, 3.63) is 12.2 Å². The summed E-state index contributed by atoms with van der Waals surface area (Å²) in [6, 6.07) is 0. The number of carboxylic acid groups (broad SMARTS) is 2. The van der Waals surface area contributed by atoms with E-state index in [9.17, 15) is 9.59 Å². The molecule has 0 aliphatic carbocycles. The van der Waals surface area contributed by atoms with Crippen LogP contribution in [0.4, 0.5) is 0 Å². The molecule has 0 spiro atoms. The van der Waals surface area contributed by atoms with Crippen LogP contribution in [0.2, 0.25) is 0 Å². The Labute approximate surface area is 111 Å². The number of aliphatic carboxylic acids is 2. The summed E-state index contributed by atoms with van der Waals surface area (Å²) in [6.07, 6.45) is -0.505. The number of hydrogen-bond donors (Lipinski definition) is 5. The van der Waals surface area contributed by atoms with Crippen molar-refractivity contribution in [1.29, 1.82) is 0 Å². The van der Waals surface area contributed by atoms with E-state index in [1.165, 1.54) is 0 Å². The summed E-state index contributed by atoms with van der Waals surface area (Å²) in [5.41, 5.74) is -0.303.